The van der Waals surface area contributed by atoms with Gasteiger partial charge in [-0.1, -0.05) is 18.2 Å². The van der Waals surface area contributed by atoms with Crippen LogP contribution >= 0.6 is 12.4 Å². The summed E-state index contributed by atoms with van der Waals surface area (Å²) < 4.78 is 15.6. The topological polar surface area (TPSA) is 70.4 Å². The van der Waals surface area contributed by atoms with Crippen LogP contribution in [0, 0.1) is 5.82 Å². The van der Waals surface area contributed by atoms with Crippen LogP contribution in [0.2, 0.25) is 0 Å². The third-order valence-corrected chi connectivity index (χ3v) is 4.79. The summed E-state index contributed by atoms with van der Waals surface area (Å²) >= 11 is 0. The van der Waals surface area contributed by atoms with E-state index in [2.05, 4.69) is 10.4 Å². The number of carbonyl (C=O) groups is 1. The van der Waals surface area contributed by atoms with Gasteiger partial charge < -0.3 is 15.3 Å². The van der Waals surface area contributed by atoms with Gasteiger partial charge in [0.05, 0.1) is 6.61 Å². The Bertz CT molecular complexity index is 734. The van der Waals surface area contributed by atoms with Crippen molar-refractivity contribution in [3.8, 4) is 0 Å². The van der Waals surface area contributed by atoms with E-state index in [1.807, 2.05) is 6.07 Å². The van der Waals surface area contributed by atoms with Crippen molar-refractivity contribution in [3.63, 3.8) is 0 Å². The quantitative estimate of drug-likeness (QED) is 0.750. The number of halogens is 2. The van der Waals surface area contributed by atoms with Crippen molar-refractivity contribution in [1.29, 1.82) is 0 Å². The fraction of sp³-hybridized carbons (Fsp3) is 0.474. The van der Waals surface area contributed by atoms with Crippen molar-refractivity contribution >= 4 is 18.3 Å². The first-order chi connectivity index (χ1) is 12.7. The number of amides is 1. The Kier molecular flexibility index (Phi) is 8.22. The molecule has 148 valence electrons. The number of hydrogen-bond donors (Lipinski definition) is 2. The highest BCUT2D eigenvalue weighted by molar-refractivity contribution is 5.85. The van der Waals surface area contributed by atoms with Gasteiger partial charge in [-0.3, -0.25) is 9.48 Å². The lowest BCUT2D eigenvalue weighted by Crippen LogP contribution is -2.37. The Labute approximate surface area is 164 Å². The highest BCUT2D eigenvalue weighted by Gasteiger charge is 2.22. The number of benzene rings is 1. The van der Waals surface area contributed by atoms with E-state index in [9.17, 15) is 14.3 Å². The van der Waals surface area contributed by atoms with E-state index in [0.29, 0.717) is 11.5 Å². The lowest BCUT2D eigenvalue weighted by molar-refractivity contribution is -0.133. The smallest absolute Gasteiger partial charge is 0.244 e. The molecule has 1 fully saturated rings. The third-order valence-electron chi connectivity index (χ3n) is 4.79. The van der Waals surface area contributed by atoms with Crippen LogP contribution in [0.4, 0.5) is 4.39 Å². The minimum Gasteiger partial charge on any atom is -0.395 e. The number of aliphatic hydroxyl groups excluding tert-OH is 1. The minimum absolute atomic E-state index is 0. The van der Waals surface area contributed by atoms with Crippen molar-refractivity contribution in [2.75, 3.05) is 26.2 Å². The first-order valence-corrected chi connectivity index (χ1v) is 9.03. The predicted octanol–water partition coefficient (Wildman–Crippen LogP) is 1.93. The molecule has 0 spiro atoms. The fourth-order valence-corrected chi connectivity index (χ4v) is 3.40. The van der Waals surface area contributed by atoms with Gasteiger partial charge in [-0.2, -0.15) is 5.10 Å². The van der Waals surface area contributed by atoms with Gasteiger partial charge >= 0.3 is 0 Å². The maximum absolute atomic E-state index is 13.9. The number of hydrogen-bond acceptors (Lipinski definition) is 4. The van der Waals surface area contributed by atoms with Crippen LogP contribution in [0.15, 0.2) is 36.5 Å². The summed E-state index contributed by atoms with van der Waals surface area (Å²) in [5.41, 5.74) is 1.48. The second-order valence-corrected chi connectivity index (χ2v) is 6.59. The molecule has 2 heterocycles. The molecule has 3 rings (SSSR count). The van der Waals surface area contributed by atoms with Crippen LogP contribution < -0.4 is 5.32 Å². The highest BCUT2D eigenvalue weighted by Crippen LogP contribution is 2.23. The van der Waals surface area contributed by atoms with Gasteiger partial charge in [0.2, 0.25) is 5.91 Å². The molecular weight excluding hydrogens is 371 g/mol. The second-order valence-electron chi connectivity index (χ2n) is 6.59. The van der Waals surface area contributed by atoms with E-state index >= 15 is 0 Å². The molecule has 1 aliphatic heterocycles. The van der Waals surface area contributed by atoms with E-state index in [0.717, 1.165) is 31.6 Å². The Morgan fingerprint density at radius 1 is 1.37 bits per heavy atom. The first kappa shape index (κ1) is 21.3. The van der Waals surface area contributed by atoms with E-state index in [4.69, 9.17) is 0 Å². The Balaban J connectivity index is 0.00000261. The van der Waals surface area contributed by atoms with Gasteiger partial charge in [0.25, 0.3) is 0 Å². The molecule has 2 N–H and O–H groups in total. The molecular formula is C19H26ClFN4O2. The number of rotatable bonds is 7. The summed E-state index contributed by atoms with van der Waals surface area (Å²) in [6.07, 6.45) is 3.89. The summed E-state index contributed by atoms with van der Waals surface area (Å²) in [4.78, 5) is 14.2. The van der Waals surface area contributed by atoms with Crippen LogP contribution in [0.5, 0.6) is 0 Å². The van der Waals surface area contributed by atoms with Gasteiger partial charge in [0, 0.05) is 43.0 Å². The number of piperidine rings is 1. The molecule has 0 saturated carbocycles. The molecule has 1 saturated heterocycles. The van der Waals surface area contributed by atoms with Crippen LogP contribution in [-0.4, -0.2) is 51.9 Å². The molecule has 6 nitrogen and oxygen atoms in total. The van der Waals surface area contributed by atoms with E-state index in [1.54, 1.807) is 29.1 Å². The highest BCUT2D eigenvalue weighted by atomic mass is 35.5. The second kappa shape index (κ2) is 10.4. The lowest BCUT2D eigenvalue weighted by Gasteiger charge is -2.25. The van der Waals surface area contributed by atoms with Gasteiger partial charge in [0.1, 0.15) is 12.4 Å². The van der Waals surface area contributed by atoms with Crippen molar-refractivity contribution in [2.45, 2.75) is 31.8 Å². The van der Waals surface area contributed by atoms with Crippen LogP contribution in [0.25, 0.3) is 0 Å². The molecule has 1 unspecified atom stereocenters. The zero-order chi connectivity index (χ0) is 18.4. The van der Waals surface area contributed by atoms with Crippen molar-refractivity contribution in [3.05, 3.63) is 53.6 Å². The third kappa shape index (κ3) is 5.51. The lowest BCUT2D eigenvalue weighted by atomic mass is 9.96. The molecule has 0 bridgehead atoms. The molecule has 1 aromatic carbocycles. The molecule has 0 radical (unpaired) electrons. The molecule has 1 aromatic heterocycles. The molecule has 2 aromatic rings. The zero-order valence-electron chi connectivity index (χ0n) is 15.2. The number of aliphatic hydroxyl groups is 1. The first-order valence-electron chi connectivity index (χ1n) is 9.03. The summed E-state index contributed by atoms with van der Waals surface area (Å²) in [5.74, 6) is -0.191. The van der Waals surface area contributed by atoms with Gasteiger partial charge in [-0.15, -0.1) is 12.4 Å². The Hall–Kier alpha value is -1.96. The summed E-state index contributed by atoms with van der Waals surface area (Å²) in [7, 11) is 0. The maximum atomic E-state index is 13.9. The fourth-order valence-electron chi connectivity index (χ4n) is 3.40. The molecule has 8 heteroatoms. The van der Waals surface area contributed by atoms with Crippen molar-refractivity contribution < 1.29 is 14.3 Å². The van der Waals surface area contributed by atoms with E-state index in [1.165, 1.54) is 11.0 Å². The largest absolute Gasteiger partial charge is 0.395 e. The van der Waals surface area contributed by atoms with Crippen LogP contribution in [0.3, 0.4) is 0 Å². The van der Waals surface area contributed by atoms with Gasteiger partial charge in [-0.05, 0) is 31.5 Å². The SMILES string of the molecule is Cl.O=C(Cn1nccc1C1CCCNC1)N(CCO)Cc1ccccc1F. The van der Waals surface area contributed by atoms with E-state index < -0.39 is 0 Å². The minimum atomic E-state index is -0.351. The Morgan fingerprint density at radius 3 is 2.89 bits per heavy atom. The average molecular weight is 397 g/mol. The van der Waals surface area contributed by atoms with Crippen molar-refractivity contribution in [1.82, 2.24) is 20.0 Å². The molecule has 0 aliphatic carbocycles. The average Bonchev–Trinajstić information content (AvgIpc) is 3.12. The number of carbonyl (C=O) groups excluding carboxylic acids is 1. The molecule has 1 amide bonds. The summed E-state index contributed by atoms with van der Waals surface area (Å²) in [5, 5.41) is 17.0. The zero-order valence-corrected chi connectivity index (χ0v) is 16.0. The predicted molar refractivity (Wildman–Crippen MR) is 103 cm³/mol. The maximum Gasteiger partial charge on any atom is 0.244 e. The monoisotopic (exact) mass is 396 g/mol. The normalized spacial score (nSPS) is 16.6. The van der Waals surface area contributed by atoms with E-state index in [-0.39, 0.29) is 50.4 Å². The summed E-state index contributed by atoms with van der Waals surface area (Å²) in [6, 6.07) is 8.34. The standard InChI is InChI=1S/C19H25FN4O2.ClH/c20-17-6-2-1-4-16(17)13-23(10-11-25)19(26)14-24-18(7-9-22-24)15-5-3-8-21-12-15;/h1-2,4,6-7,9,15,21,25H,3,5,8,10-14H2;1H. The van der Waals surface area contributed by atoms with Gasteiger partial charge in [-0.25, -0.2) is 4.39 Å². The molecule has 27 heavy (non-hydrogen) atoms. The van der Waals surface area contributed by atoms with Gasteiger partial charge in [0.15, 0.2) is 0 Å². The number of nitrogens with zero attached hydrogens (tertiary/aromatic N) is 3. The van der Waals surface area contributed by atoms with Crippen LogP contribution in [0.1, 0.15) is 30.0 Å². The van der Waals surface area contributed by atoms with Crippen molar-refractivity contribution in [2.24, 2.45) is 0 Å². The number of nitrogens with one attached hydrogen (secondary N) is 1. The Morgan fingerprint density at radius 2 is 2.19 bits per heavy atom. The summed E-state index contributed by atoms with van der Waals surface area (Å²) in [6.45, 7) is 2.13. The number of aromatic nitrogens is 2. The molecule has 1 atom stereocenters. The van der Waals surface area contributed by atoms with Crippen LogP contribution in [-0.2, 0) is 17.9 Å². The molecule has 1 aliphatic rings.